The third kappa shape index (κ3) is 3.98. The molecule has 0 saturated heterocycles. The van der Waals surface area contributed by atoms with E-state index in [0.29, 0.717) is 5.56 Å². The highest BCUT2D eigenvalue weighted by molar-refractivity contribution is 7.91. The number of carboxylic acids is 1. The van der Waals surface area contributed by atoms with Crippen LogP contribution in [0.1, 0.15) is 15.9 Å². The number of hydrogen-bond acceptors (Lipinski definition) is 5. The predicted molar refractivity (Wildman–Crippen MR) is 88.8 cm³/mol. The topological polar surface area (TPSA) is 101 Å². The fourth-order valence-electron chi connectivity index (χ4n) is 2.10. The van der Waals surface area contributed by atoms with Crippen molar-refractivity contribution in [1.82, 2.24) is 0 Å². The van der Waals surface area contributed by atoms with Crippen molar-refractivity contribution in [1.29, 1.82) is 0 Å². The van der Waals surface area contributed by atoms with Gasteiger partial charge in [-0.2, -0.15) is 0 Å². The summed E-state index contributed by atoms with van der Waals surface area (Å²) in [5.41, 5.74) is 0.277. The third-order valence-electron chi connectivity index (χ3n) is 3.32. The number of sulfone groups is 1. The van der Waals surface area contributed by atoms with Gasteiger partial charge in [0, 0.05) is 6.07 Å². The molecule has 0 atom stereocenters. The standard InChI is InChI=1S/C16H15ClO6S/c1-10-4-2-3-5-15(10)24(21,22)7-6-23-14-9-13(18)11(16(19)20)8-12(14)17/h2-5,8-9,18H,6-7H2,1H3,(H,19,20). The van der Waals surface area contributed by atoms with E-state index >= 15 is 0 Å². The lowest BCUT2D eigenvalue weighted by molar-refractivity contribution is 0.0693. The number of phenols is 1. The molecule has 2 rings (SSSR count). The van der Waals surface area contributed by atoms with E-state index in [2.05, 4.69) is 0 Å². The Bertz CT molecular complexity index is 876. The average Bonchev–Trinajstić information content (AvgIpc) is 2.50. The SMILES string of the molecule is Cc1ccccc1S(=O)(=O)CCOc1cc(O)c(C(=O)O)cc1Cl. The number of rotatable bonds is 6. The van der Waals surface area contributed by atoms with Crippen LogP contribution in [0, 0.1) is 6.92 Å². The van der Waals surface area contributed by atoms with E-state index in [9.17, 15) is 18.3 Å². The van der Waals surface area contributed by atoms with E-state index in [1.54, 1.807) is 25.1 Å². The minimum absolute atomic E-state index is 0.0131. The average molecular weight is 371 g/mol. The van der Waals surface area contributed by atoms with Gasteiger partial charge in [0.2, 0.25) is 0 Å². The molecule has 0 radical (unpaired) electrons. The molecular formula is C16H15ClO6S. The van der Waals surface area contributed by atoms with Crippen molar-refractivity contribution in [2.24, 2.45) is 0 Å². The Hall–Kier alpha value is -2.25. The Balaban J connectivity index is 2.11. The second-order valence-corrected chi connectivity index (χ2v) is 7.52. The lowest BCUT2D eigenvalue weighted by atomic mass is 10.2. The summed E-state index contributed by atoms with van der Waals surface area (Å²) in [4.78, 5) is 11.1. The molecule has 8 heteroatoms. The van der Waals surface area contributed by atoms with Crippen LogP contribution in [0.5, 0.6) is 11.5 Å². The van der Waals surface area contributed by atoms with Crippen LogP contribution in [-0.2, 0) is 9.84 Å². The van der Waals surface area contributed by atoms with E-state index in [0.717, 1.165) is 12.1 Å². The maximum absolute atomic E-state index is 12.3. The molecule has 0 aromatic heterocycles. The minimum atomic E-state index is -3.53. The zero-order chi connectivity index (χ0) is 17.9. The number of aromatic carboxylic acids is 1. The van der Waals surface area contributed by atoms with Crippen LogP contribution in [0.3, 0.4) is 0 Å². The minimum Gasteiger partial charge on any atom is -0.507 e. The first-order valence-corrected chi connectivity index (χ1v) is 8.92. The number of halogens is 1. The van der Waals surface area contributed by atoms with E-state index in [1.807, 2.05) is 0 Å². The van der Waals surface area contributed by atoms with Crippen molar-refractivity contribution in [3.63, 3.8) is 0 Å². The molecule has 0 unspecified atom stereocenters. The smallest absolute Gasteiger partial charge is 0.339 e. The fraction of sp³-hybridized carbons (Fsp3) is 0.188. The van der Waals surface area contributed by atoms with Gasteiger partial charge in [-0.05, 0) is 24.6 Å². The molecule has 0 aliphatic rings. The van der Waals surface area contributed by atoms with Crippen LogP contribution in [-0.4, -0.2) is 37.0 Å². The van der Waals surface area contributed by atoms with Gasteiger partial charge in [0.15, 0.2) is 9.84 Å². The maximum atomic E-state index is 12.3. The summed E-state index contributed by atoms with van der Waals surface area (Å²) in [6.07, 6.45) is 0. The van der Waals surface area contributed by atoms with Crippen LogP contribution < -0.4 is 4.74 Å². The number of benzene rings is 2. The number of aromatic hydroxyl groups is 1. The summed E-state index contributed by atoms with van der Waals surface area (Å²) in [5, 5.41) is 18.5. The lowest BCUT2D eigenvalue weighted by Gasteiger charge is -2.11. The second kappa shape index (κ2) is 7.11. The molecule has 0 aliphatic carbocycles. The molecule has 6 nitrogen and oxygen atoms in total. The van der Waals surface area contributed by atoms with Crippen molar-refractivity contribution >= 4 is 27.4 Å². The number of carbonyl (C=O) groups is 1. The zero-order valence-electron chi connectivity index (χ0n) is 12.7. The van der Waals surface area contributed by atoms with Gasteiger partial charge in [0.25, 0.3) is 0 Å². The van der Waals surface area contributed by atoms with Crippen molar-refractivity contribution < 1.29 is 28.2 Å². The molecule has 24 heavy (non-hydrogen) atoms. The van der Waals surface area contributed by atoms with Gasteiger partial charge in [0.1, 0.15) is 23.7 Å². The molecule has 128 valence electrons. The van der Waals surface area contributed by atoms with Gasteiger partial charge >= 0.3 is 5.97 Å². The fourth-order valence-corrected chi connectivity index (χ4v) is 3.69. The quantitative estimate of drug-likeness (QED) is 0.810. The van der Waals surface area contributed by atoms with E-state index < -0.39 is 21.6 Å². The number of hydrogen-bond donors (Lipinski definition) is 2. The summed E-state index contributed by atoms with van der Waals surface area (Å²) in [7, 11) is -3.53. The summed E-state index contributed by atoms with van der Waals surface area (Å²) in [6, 6.07) is 8.70. The highest BCUT2D eigenvalue weighted by Gasteiger charge is 2.18. The van der Waals surface area contributed by atoms with Crippen molar-refractivity contribution in [3.05, 3.63) is 52.5 Å². The first kappa shape index (κ1) is 18.1. The maximum Gasteiger partial charge on any atom is 0.339 e. The molecule has 2 aromatic rings. The van der Waals surface area contributed by atoms with Crippen LogP contribution in [0.15, 0.2) is 41.3 Å². The lowest BCUT2D eigenvalue weighted by Crippen LogP contribution is -2.15. The third-order valence-corrected chi connectivity index (χ3v) is 5.45. The largest absolute Gasteiger partial charge is 0.507 e. The monoisotopic (exact) mass is 370 g/mol. The molecule has 0 aliphatic heterocycles. The first-order chi connectivity index (χ1) is 11.2. The van der Waals surface area contributed by atoms with Crippen LogP contribution >= 0.6 is 11.6 Å². The van der Waals surface area contributed by atoms with Gasteiger partial charge < -0.3 is 14.9 Å². The highest BCUT2D eigenvalue weighted by Crippen LogP contribution is 2.32. The molecule has 0 bridgehead atoms. The molecule has 0 fully saturated rings. The van der Waals surface area contributed by atoms with Gasteiger partial charge in [-0.1, -0.05) is 29.8 Å². The molecular weight excluding hydrogens is 356 g/mol. The van der Waals surface area contributed by atoms with Crippen LogP contribution in [0.4, 0.5) is 0 Å². The summed E-state index contributed by atoms with van der Waals surface area (Å²) < 4.78 is 29.9. The van der Waals surface area contributed by atoms with Gasteiger partial charge in [-0.15, -0.1) is 0 Å². The Kier molecular flexibility index (Phi) is 5.36. The van der Waals surface area contributed by atoms with E-state index in [4.69, 9.17) is 21.4 Å². The van der Waals surface area contributed by atoms with Gasteiger partial charge in [0.05, 0.1) is 15.7 Å². The predicted octanol–water partition coefficient (Wildman–Crippen LogP) is 2.90. The number of carboxylic acid groups (broad SMARTS) is 1. The van der Waals surface area contributed by atoms with Crippen LogP contribution in [0.25, 0.3) is 0 Å². The summed E-state index contributed by atoms with van der Waals surface area (Å²) >= 11 is 5.89. The normalized spacial score (nSPS) is 11.2. The Morgan fingerprint density at radius 2 is 1.92 bits per heavy atom. The van der Waals surface area contributed by atoms with Gasteiger partial charge in [-0.3, -0.25) is 0 Å². The van der Waals surface area contributed by atoms with Crippen LogP contribution in [0.2, 0.25) is 5.02 Å². The molecule has 0 amide bonds. The molecule has 0 heterocycles. The van der Waals surface area contributed by atoms with E-state index in [1.165, 1.54) is 6.07 Å². The summed E-state index contributed by atoms with van der Waals surface area (Å²) in [6.45, 7) is 1.51. The highest BCUT2D eigenvalue weighted by atomic mass is 35.5. The molecule has 0 saturated carbocycles. The number of aryl methyl sites for hydroxylation is 1. The Morgan fingerprint density at radius 3 is 2.54 bits per heavy atom. The van der Waals surface area contributed by atoms with Crippen molar-refractivity contribution in [2.45, 2.75) is 11.8 Å². The zero-order valence-corrected chi connectivity index (χ0v) is 14.3. The van der Waals surface area contributed by atoms with Crippen molar-refractivity contribution in [2.75, 3.05) is 12.4 Å². The molecule has 2 N–H and O–H groups in total. The van der Waals surface area contributed by atoms with Crippen molar-refractivity contribution in [3.8, 4) is 11.5 Å². The molecule has 2 aromatic carbocycles. The summed E-state index contributed by atoms with van der Waals surface area (Å²) in [5.74, 6) is -2.11. The Morgan fingerprint density at radius 1 is 1.25 bits per heavy atom. The number of ether oxygens (including phenoxy) is 1. The van der Waals surface area contributed by atoms with E-state index in [-0.39, 0.29) is 33.6 Å². The second-order valence-electron chi connectivity index (χ2n) is 5.04. The first-order valence-electron chi connectivity index (χ1n) is 6.89. The Labute approximate surface area is 144 Å². The molecule has 0 spiro atoms. The van der Waals surface area contributed by atoms with Gasteiger partial charge in [-0.25, -0.2) is 13.2 Å².